The van der Waals surface area contributed by atoms with Gasteiger partial charge in [-0.05, 0) is 12.1 Å². The number of hydrogen-bond donors (Lipinski definition) is 2. The summed E-state index contributed by atoms with van der Waals surface area (Å²) in [6.45, 7) is 0. The number of nitriles is 2. The lowest BCUT2D eigenvalue weighted by Crippen LogP contribution is -1.92. The largest absolute Gasteiger partial charge is 0.244 e. The van der Waals surface area contributed by atoms with E-state index in [4.69, 9.17) is 10.5 Å². The molecule has 2 N–H and O–H groups in total. The molecule has 0 aliphatic rings. The van der Waals surface area contributed by atoms with Gasteiger partial charge in [0.15, 0.2) is 11.4 Å². The van der Waals surface area contributed by atoms with Crippen molar-refractivity contribution in [3.63, 3.8) is 0 Å². The lowest BCUT2D eigenvalue weighted by atomic mass is 10.2. The second-order valence-electron chi connectivity index (χ2n) is 3.67. The van der Waals surface area contributed by atoms with Crippen LogP contribution in [-0.4, -0.2) is 35.8 Å². The van der Waals surface area contributed by atoms with Gasteiger partial charge in [-0.2, -0.15) is 31.1 Å². The maximum Gasteiger partial charge on any atom is 0.192 e. The quantitative estimate of drug-likeness (QED) is 0.680. The van der Waals surface area contributed by atoms with Crippen LogP contribution in [0.2, 0.25) is 0 Å². The number of hydrogen-bond acceptors (Lipinski definition) is 7. The summed E-state index contributed by atoms with van der Waals surface area (Å²) in [5, 5.41) is 37.8. The molecule has 0 aliphatic heterocycles. The zero-order valence-corrected chi connectivity index (χ0v) is 9.86. The topological polar surface area (TPSA) is 144 Å². The average molecular weight is 263 g/mol. The molecule has 3 heterocycles. The molecule has 0 spiro atoms. The third-order valence-corrected chi connectivity index (χ3v) is 2.54. The molecule has 3 aromatic heterocycles. The molecular weight excluding hydrogens is 258 g/mol. The van der Waals surface area contributed by atoms with Crippen LogP contribution >= 0.6 is 0 Å². The second kappa shape index (κ2) is 4.59. The number of nitrogens with zero attached hydrogens (tertiary/aromatic N) is 7. The first kappa shape index (κ1) is 11.5. The number of rotatable bonds is 2. The summed E-state index contributed by atoms with van der Waals surface area (Å²) in [4.78, 5) is 4.33. The molecule has 9 heteroatoms. The van der Waals surface area contributed by atoms with Crippen LogP contribution in [0.25, 0.3) is 22.8 Å². The summed E-state index contributed by atoms with van der Waals surface area (Å²) >= 11 is 0. The highest BCUT2D eigenvalue weighted by molar-refractivity contribution is 5.66. The molecule has 0 aliphatic carbocycles. The van der Waals surface area contributed by atoms with E-state index in [1.165, 1.54) is 0 Å². The molecule has 0 fully saturated rings. The minimum Gasteiger partial charge on any atom is -0.244 e. The Kier molecular flexibility index (Phi) is 2.64. The van der Waals surface area contributed by atoms with Crippen LogP contribution in [0.1, 0.15) is 11.4 Å². The average Bonchev–Trinajstić information content (AvgIpc) is 3.15. The van der Waals surface area contributed by atoms with E-state index in [0.29, 0.717) is 22.8 Å². The van der Waals surface area contributed by atoms with E-state index in [0.717, 1.165) is 0 Å². The smallest absolute Gasteiger partial charge is 0.192 e. The molecule has 3 aromatic rings. The Morgan fingerprint density at radius 1 is 0.800 bits per heavy atom. The predicted molar refractivity (Wildman–Crippen MR) is 64.4 cm³/mol. The molecule has 0 amide bonds. The summed E-state index contributed by atoms with van der Waals surface area (Å²) in [6.07, 6.45) is 0. The Bertz CT molecular complexity index is 778. The molecule has 0 unspecified atom stereocenters. The first-order chi connectivity index (χ1) is 9.83. The van der Waals surface area contributed by atoms with Gasteiger partial charge in [-0.15, -0.1) is 10.2 Å². The molecule has 0 atom stereocenters. The van der Waals surface area contributed by atoms with E-state index < -0.39 is 0 Å². The molecule has 0 aromatic carbocycles. The van der Waals surface area contributed by atoms with E-state index in [-0.39, 0.29) is 11.4 Å². The van der Waals surface area contributed by atoms with Crippen molar-refractivity contribution in [3.8, 4) is 34.9 Å². The first-order valence-corrected chi connectivity index (χ1v) is 5.43. The van der Waals surface area contributed by atoms with Crippen molar-refractivity contribution < 1.29 is 0 Å². The zero-order chi connectivity index (χ0) is 13.9. The fraction of sp³-hybridized carbons (Fsp3) is 0. The van der Waals surface area contributed by atoms with Crippen LogP contribution in [0.5, 0.6) is 0 Å². The highest BCUT2D eigenvalue weighted by Crippen LogP contribution is 2.22. The monoisotopic (exact) mass is 263 g/mol. The number of aromatic amines is 2. The summed E-state index contributed by atoms with van der Waals surface area (Å²) in [5.41, 5.74) is 1.90. The zero-order valence-electron chi connectivity index (χ0n) is 9.86. The van der Waals surface area contributed by atoms with Crippen molar-refractivity contribution in [2.45, 2.75) is 0 Å². The lowest BCUT2D eigenvalue weighted by Gasteiger charge is -1.99. The van der Waals surface area contributed by atoms with Gasteiger partial charge in [0.05, 0.1) is 11.4 Å². The third kappa shape index (κ3) is 1.76. The van der Waals surface area contributed by atoms with Crippen molar-refractivity contribution >= 4 is 0 Å². The molecule has 0 saturated heterocycles. The second-order valence-corrected chi connectivity index (χ2v) is 3.67. The van der Waals surface area contributed by atoms with E-state index >= 15 is 0 Å². The van der Waals surface area contributed by atoms with Crippen LogP contribution in [0.15, 0.2) is 18.2 Å². The molecule has 0 radical (unpaired) electrons. The van der Waals surface area contributed by atoms with E-state index in [9.17, 15) is 0 Å². The maximum absolute atomic E-state index is 8.93. The van der Waals surface area contributed by atoms with Gasteiger partial charge in [-0.25, -0.2) is 4.98 Å². The summed E-state index contributed by atoms with van der Waals surface area (Å²) in [7, 11) is 0. The fourth-order valence-corrected chi connectivity index (χ4v) is 1.67. The first-order valence-electron chi connectivity index (χ1n) is 5.43. The van der Waals surface area contributed by atoms with Crippen LogP contribution in [0.3, 0.4) is 0 Å². The van der Waals surface area contributed by atoms with Gasteiger partial charge in [-0.3, -0.25) is 0 Å². The maximum atomic E-state index is 8.93. The minimum absolute atomic E-state index is 0.148. The lowest BCUT2D eigenvalue weighted by molar-refractivity contribution is 0.934. The van der Waals surface area contributed by atoms with Crippen molar-refractivity contribution in [3.05, 3.63) is 29.6 Å². The molecule has 20 heavy (non-hydrogen) atoms. The van der Waals surface area contributed by atoms with Crippen LogP contribution in [-0.2, 0) is 0 Å². The molecule has 0 saturated carbocycles. The molecule has 94 valence electrons. The van der Waals surface area contributed by atoms with E-state index in [1.807, 2.05) is 12.1 Å². The summed E-state index contributed by atoms with van der Waals surface area (Å²) < 4.78 is 0. The van der Waals surface area contributed by atoms with Crippen LogP contribution in [0.4, 0.5) is 0 Å². The summed E-state index contributed by atoms with van der Waals surface area (Å²) in [5.74, 6) is 0. The highest BCUT2D eigenvalue weighted by Gasteiger charge is 2.15. The van der Waals surface area contributed by atoms with Gasteiger partial charge in [0.25, 0.3) is 0 Å². The van der Waals surface area contributed by atoms with Gasteiger partial charge in [0.2, 0.25) is 0 Å². The third-order valence-electron chi connectivity index (χ3n) is 2.54. The van der Waals surface area contributed by atoms with Gasteiger partial charge in [-0.1, -0.05) is 6.07 Å². The SMILES string of the molecule is N#Cc1n[nH]nc1-c1cccc(-c2n[nH]nc2C#N)n1. The van der Waals surface area contributed by atoms with E-state index in [2.05, 4.69) is 35.8 Å². The van der Waals surface area contributed by atoms with E-state index in [1.54, 1.807) is 18.2 Å². The van der Waals surface area contributed by atoms with Gasteiger partial charge >= 0.3 is 0 Å². The van der Waals surface area contributed by atoms with Gasteiger partial charge in [0.1, 0.15) is 23.5 Å². The van der Waals surface area contributed by atoms with Crippen molar-refractivity contribution in [2.75, 3.05) is 0 Å². The standard InChI is InChI=1S/C11H5N9/c12-4-8-10(17-19-15-8)6-2-1-3-7(14-6)11-9(5-13)16-20-18-11/h1-3H,(H,15,17,19)(H,16,18,20). The summed E-state index contributed by atoms with van der Waals surface area (Å²) in [6, 6.07) is 8.94. The van der Waals surface area contributed by atoms with Crippen molar-refractivity contribution in [1.82, 2.24) is 35.8 Å². The Balaban J connectivity index is 2.12. The Morgan fingerprint density at radius 2 is 1.30 bits per heavy atom. The number of pyridine rings is 1. The Hall–Kier alpha value is -3.59. The Morgan fingerprint density at radius 3 is 1.75 bits per heavy atom. The van der Waals surface area contributed by atoms with Gasteiger partial charge < -0.3 is 0 Å². The number of H-pyrrole nitrogens is 2. The Labute approximate surface area is 111 Å². The van der Waals surface area contributed by atoms with Crippen LogP contribution < -0.4 is 0 Å². The molecule has 0 bridgehead atoms. The molecule has 9 nitrogen and oxygen atoms in total. The number of aromatic nitrogens is 7. The number of nitrogens with one attached hydrogen (secondary N) is 2. The normalized spacial score (nSPS) is 9.90. The molecule has 3 rings (SSSR count). The molecular formula is C11H5N9. The predicted octanol–water partition coefficient (Wildman–Crippen LogP) is 0.395. The minimum atomic E-state index is 0.148. The van der Waals surface area contributed by atoms with Crippen molar-refractivity contribution in [2.24, 2.45) is 0 Å². The van der Waals surface area contributed by atoms with Gasteiger partial charge in [0, 0.05) is 0 Å². The highest BCUT2D eigenvalue weighted by atomic mass is 15.3. The van der Waals surface area contributed by atoms with Crippen LogP contribution in [0, 0.1) is 22.7 Å². The van der Waals surface area contributed by atoms with Crippen molar-refractivity contribution in [1.29, 1.82) is 10.5 Å². The fourth-order valence-electron chi connectivity index (χ4n) is 1.67.